The Hall–Kier alpha value is -2.74. The maximum Gasteiger partial charge on any atom is 0.0780 e. The van der Waals surface area contributed by atoms with Gasteiger partial charge in [0, 0.05) is 34.9 Å². The molecule has 0 atom stereocenters. The van der Waals surface area contributed by atoms with Crippen molar-refractivity contribution in [2.24, 2.45) is 0 Å². The minimum atomic E-state index is 1.02. The molecule has 0 saturated heterocycles. The van der Waals surface area contributed by atoms with Crippen molar-refractivity contribution in [3.63, 3.8) is 0 Å². The molecule has 0 fully saturated rings. The minimum Gasteiger partial charge on any atom is -0.264 e. The molecule has 0 aliphatic heterocycles. The summed E-state index contributed by atoms with van der Waals surface area (Å²) in [4.78, 5) is 8.81. The summed E-state index contributed by atoms with van der Waals surface area (Å²) in [6.07, 6.45) is 5.62. The van der Waals surface area contributed by atoms with Gasteiger partial charge >= 0.3 is 0 Å². The van der Waals surface area contributed by atoms with Gasteiger partial charge in [-0.1, -0.05) is 42.5 Å². The molecule has 0 spiro atoms. The lowest BCUT2D eigenvalue weighted by Gasteiger charge is -2.08. The number of hydrogen-bond donors (Lipinski definition) is 0. The second-order valence-electron chi connectivity index (χ2n) is 4.78. The van der Waals surface area contributed by atoms with Crippen LogP contribution >= 0.6 is 0 Å². The Morgan fingerprint density at radius 3 is 2.45 bits per heavy atom. The molecule has 2 nitrogen and oxygen atoms in total. The van der Waals surface area contributed by atoms with E-state index in [0.717, 1.165) is 11.3 Å². The van der Waals surface area contributed by atoms with Gasteiger partial charge in [0.15, 0.2) is 0 Å². The van der Waals surface area contributed by atoms with Crippen molar-refractivity contribution in [3.05, 3.63) is 73.2 Å². The van der Waals surface area contributed by atoms with Crippen LogP contribution in [0.15, 0.2) is 73.2 Å². The first-order valence-corrected chi connectivity index (χ1v) is 6.60. The van der Waals surface area contributed by atoms with Gasteiger partial charge in [0.05, 0.1) is 5.69 Å². The molecule has 4 aromatic rings. The summed E-state index contributed by atoms with van der Waals surface area (Å²) in [5, 5.41) is 4.74. The molecule has 0 bridgehead atoms. The first-order chi connectivity index (χ1) is 9.93. The van der Waals surface area contributed by atoms with Crippen molar-refractivity contribution >= 4 is 21.5 Å². The Morgan fingerprint density at radius 1 is 0.650 bits per heavy atom. The molecule has 2 heterocycles. The van der Waals surface area contributed by atoms with Crippen LogP contribution < -0.4 is 0 Å². The van der Waals surface area contributed by atoms with E-state index in [4.69, 9.17) is 0 Å². The predicted octanol–water partition coefficient (Wildman–Crippen LogP) is 4.45. The number of hydrogen-bond acceptors (Lipinski definition) is 2. The molecule has 0 amide bonds. The monoisotopic (exact) mass is 256 g/mol. The summed E-state index contributed by atoms with van der Waals surface area (Å²) in [5.41, 5.74) is 2.16. The first-order valence-electron chi connectivity index (χ1n) is 6.60. The summed E-state index contributed by atoms with van der Waals surface area (Å²) in [7, 11) is 0. The summed E-state index contributed by atoms with van der Waals surface area (Å²) in [5.74, 6) is 0. The molecular weight excluding hydrogens is 244 g/mol. The first kappa shape index (κ1) is 11.1. The second-order valence-corrected chi connectivity index (χ2v) is 4.78. The summed E-state index contributed by atoms with van der Waals surface area (Å²) >= 11 is 0. The zero-order valence-electron chi connectivity index (χ0n) is 10.8. The van der Waals surface area contributed by atoms with E-state index in [0.29, 0.717) is 0 Å². The van der Waals surface area contributed by atoms with E-state index in [1.807, 2.05) is 42.9 Å². The molecule has 0 aliphatic rings. The highest BCUT2D eigenvalue weighted by atomic mass is 14.7. The highest BCUT2D eigenvalue weighted by molar-refractivity contribution is 6.10. The molecule has 0 saturated carbocycles. The Balaban J connectivity index is 2.12. The van der Waals surface area contributed by atoms with Crippen LogP contribution in [-0.4, -0.2) is 9.97 Å². The number of aromatic nitrogens is 2. The quantitative estimate of drug-likeness (QED) is 0.470. The van der Waals surface area contributed by atoms with Crippen molar-refractivity contribution in [1.29, 1.82) is 0 Å². The predicted molar refractivity (Wildman–Crippen MR) is 82.5 cm³/mol. The summed E-state index contributed by atoms with van der Waals surface area (Å²) < 4.78 is 0. The van der Waals surface area contributed by atoms with Gasteiger partial charge < -0.3 is 0 Å². The van der Waals surface area contributed by atoms with Gasteiger partial charge in [-0.15, -0.1) is 0 Å². The van der Waals surface area contributed by atoms with Crippen LogP contribution in [0.25, 0.3) is 32.8 Å². The van der Waals surface area contributed by atoms with Gasteiger partial charge in [-0.25, -0.2) is 0 Å². The molecule has 0 aliphatic carbocycles. The maximum absolute atomic E-state index is 4.56. The molecule has 20 heavy (non-hydrogen) atoms. The normalized spacial score (nSPS) is 11.0. The molecular formula is C18H12N2. The zero-order valence-corrected chi connectivity index (χ0v) is 10.8. The van der Waals surface area contributed by atoms with Gasteiger partial charge in [-0.05, 0) is 22.9 Å². The standard InChI is InChI=1S/C18H12N2/c1-2-4-14(5-3-1)18-16-7-6-13-8-10-19-12-17(13)15(16)9-11-20-18/h1-12H. The molecule has 0 unspecified atom stereocenters. The number of pyridine rings is 2. The third-order valence-corrected chi connectivity index (χ3v) is 3.61. The van der Waals surface area contributed by atoms with Crippen LogP contribution in [0.2, 0.25) is 0 Å². The van der Waals surface area contributed by atoms with Gasteiger partial charge in [0.1, 0.15) is 0 Å². The molecule has 2 aromatic carbocycles. The number of benzene rings is 2. The lowest BCUT2D eigenvalue weighted by atomic mass is 10.00. The van der Waals surface area contributed by atoms with E-state index in [1.54, 1.807) is 0 Å². The molecule has 2 heteroatoms. The van der Waals surface area contributed by atoms with Gasteiger partial charge in [0.25, 0.3) is 0 Å². The lowest BCUT2D eigenvalue weighted by Crippen LogP contribution is -1.87. The van der Waals surface area contributed by atoms with Crippen LogP contribution in [0.1, 0.15) is 0 Å². The van der Waals surface area contributed by atoms with E-state index in [1.165, 1.54) is 21.5 Å². The van der Waals surface area contributed by atoms with Crippen molar-refractivity contribution in [3.8, 4) is 11.3 Å². The van der Waals surface area contributed by atoms with Crippen LogP contribution in [0, 0.1) is 0 Å². The van der Waals surface area contributed by atoms with E-state index >= 15 is 0 Å². The van der Waals surface area contributed by atoms with Gasteiger partial charge in [-0.3, -0.25) is 9.97 Å². The second kappa shape index (κ2) is 4.42. The average Bonchev–Trinajstić information content (AvgIpc) is 2.55. The highest BCUT2D eigenvalue weighted by Gasteiger charge is 2.07. The Kier molecular flexibility index (Phi) is 2.46. The Labute approximate surface area is 116 Å². The third kappa shape index (κ3) is 1.66. The summed E-state index contributed by atoms with van der Waals surface area (Å²) in [6, 6.07) is 18.7. The van der Waals surface area contributed by atoms with Crippen LogP contribution in [0.5, 0.6) is 0 Å². The Bertz CT molecular complexity index is 899. The average molecular weight is 256 g/mol. The smallest absolute Gasteiger partial charge is 0.0780 e. The maximum atomic E-state index is 4.56. The van der Waals surface area contributed by atoms with Crippen LogP contribution in [-0.2, 0) is 0 Å². The van der Waals surface area contributed by atoms with Crippen LogP contribution in [0.4, 0.5) is 0 Å². The molecule has 94 valence electrons. The molecule has 4 rings (SSSR count). The topological polar surface area (TPSA) is 25.8 Å². The van der Waals surface area contributed by atoms with E-state index in [9.17, 15) is 0 Å². The molecule has 2 aromatic heterocycles. The summed E-state index contributed by atoms with van der Waals surface area (Å²) in [6.45, 7) is 0. The number of nitrogens with zero attached hydrogens (tertiary/aromatic N) is 2. The fourth-order valence-electron chi connectivity index (χ4n) is 2.65. The molecule has 0 N–H and O–H groups in total. The fraction of sp³-hybridized carbons (Fsp3) is 0. The van der Waals surface area contributed by atoms with Crippen molar-refractivity contribution in [2.75, 3.05) is 0 Å². The Morgan fingerprint density at radius 2 is 1.55 bits per heavy atom. The largest absolute Gasteiger partial charge is 0.264 e. The third-order valence-electron chi connectivity index (χ3n) is 3.61. The number of fused-ring (bicyclic) bond motifs is 3. The molecule has 0 radical (unpaired) electrons. The number of rotatable bonds is 1. The van der Waals surface area contributed by atoms with E-state index in [2.05, 4.69) is 40.3 Å². The highest BCUT2D eigenvalue weighted by Crippen LogP contribution is 2.30. The van der Waals surface area contributed by atoms with E-state index in [-0.39, 0.29) is 0 Å². The van der Waals surface area contributed by atoms with Crippen molar-refractivity contribution < 1.29 is 0 Å². The van der Waals surface area contributed by atoms with Crippen molar-refractivity contribution in [2.45, 2.75) is 0 Å². The van der Waals surface area contributed by atoms with Crippen molar-refractivity contribution in [1.82, 2.24) is 9.97 Å². The fourth-order valence-corrected chi connectivity index (χ4v) is 2.65. The lowest BCUT2D eigenvalue weighted by molar-refractivity contribution is 1.35. The van der Waals surface area contributed by atoms with Crippen LogP contribution in [0.3, 0.4) is 0 Å². The van der Waals surface area contributed by atoms with Gasteiger partial charge in [-0.2, -0.15) is 0 Å². The SMILES string of the molecule is c1ccc(-c2nccc3c2ccc2ccncc23)cc1. The van der Waals surface area contributed by atoms with E-state index < -0.39 is 0 Å². The minimum absolute atomic E-state index is 1.02. The van der Waals surface area contributed by atoms with Gasteiger partial charge in [0.2, 0.25) is 0 Å². The zero-order chi connectivity index (χ0) is 13.4.